The van der Waals surface area contributed by atoms with Gasteiger partial charge in [0.15, 0.2) is 5.11 Å². The number of hydrogen-bond acceptors (Lipinski definition) is 2. The molecule has 0 fully saturated rings. The lowest BCUT2D eigenvalue weighted by atomic mass is 10.2. The lowest BCUT2D eigenvalue weighted by Gasteiger charge is -2.14. The van der Waals surface area contributed by atoms with E-state index in [1.807, 2.05) is 31.2 Å². The largest absolute Gasteiger partial charge is 0.362 e. The van der Waals surface area contributed by atoms with Crippen LogP contribution >= 0.6 is 28.1 Å². The Kier molecular flexibility index (Phi) is 5.28. The molecular formula is C11H14BrN3S. The number of benzene rings is 1. The van der Waals surface area contributed by atoms with Crippen molar-refractivity contribution in [2.24, 2.45) is 0 Å². The van der Waals surface area contributed by atoms with Crippen LogP contribution in [0, 0.1) is 0 Å². The molecule has 1 rings (SSSR count). The minimum Gasteiger partial charge on any atom is -0.362 e. The lowest BCUT2D eigenvalue weighted by Crippen LogP contribution is -2.42. The van der Waals surface area contributed by atoms with Crippen LogP contribution in [0.5, 0.6) is 0 Å². The number of nitrogens with one attached hydrogen (secondary N) is 3. The molecule has 3 nitrogen and oxygen atoms in total. The van der Waals surface area contributed by atoms with Gasteiger partial charge in [-0.25, -0.2) is 0 Å². The second-order valence-electron chi connectivity index (χ2n) is 3.07. The van der Waals surface area contributed by atoms with Crippen LogP contribution < -0.4 is 16.2 Å². The molecule has 0 spiro atoms. The summed E-state index contributed by atoms with van der Waals surface area (Å²) in [7, 11) is 0. The van der Waals surface area contributed by atoms with Gasteiger partial charge in [-0.2, -0.15) is 0 Å². The Balaban J connectivity index is 2.54. The maximum atomic E-state index is 5.02. The van der Waals surface area contributed by atoms with E-state index >= 15 is 0 Å². The van der Waals surface area contributed by atoms with E-state index in [9.17, 15) is 0 Å². The zero-order valence-electron chi connectivity index (χ0n) is 9.01. The highest BCUT2D eigenvalue weighted by molar-refractivity contribution is 9.10. The number of hydrogen-bond donors (Lipinski definition) is 3. The summed E-state index contributed by atoms with van der Waals surface area (Å²) in [6, 6.07) is 7.84. The topological polar surface area (TPSA) is 36.1 Å². The van der Waals surface area contributed by atoms with E-state index in [4.69, 9.17) is 12.2 Å². The first-order chi connectivity index (χ1) is 7.65. The summed E-state index contributed by atoms with van der Waals surface area (Å²) in [6.45, 7) is 6.70. The van der Waals surface area contributed by atoms with Crippen molar-refractivity contribution in [3.8, 4) is 0 Å². The Morgan fingerprint density at radius 1 is 1.38 bits per heavy atom. The van der Waals surface area contributed by atoms with Gasteiger partial charge < -0.3 is 5.32 Å². The van der Waals surface area contributed by atoms with Crippen LogP contribution in [0.25, 0.3) is 5.70 Å². The predicted molar refractivity (Wildman–Crippen MR) is 75.7 cm³/mol. The maximum absolute atomic E-state index is 5.02. The van der Waals surface area contributed by atoms with Crippen LogP contribution in [0.2, 0.25) is 0 Å². The third-order valence-electron chi connectivity index (χ3n) is 1.86. The Morgan fingerprint density at radius 3 is 2.69 bits per heavy atom. The summed E-state index contributed by atoms with van der Waals surface area (Å²) >= 11 is 8.47. The molecule has 86 valence electrons. The molecule has 0 unspecified atom stereocenters. The SMILES string of the molecule is C=C(NNC(=S)NCC)c1ccccc1Br. The van der Waals surface area contributed by atoms with Crippen molar-refractivity contribution in [3.05, 3.63) is 40.9 Å². The fraction of sp³-hybridized carbons (Fsp3) is 0.182. The summed E-state index contributed by atoms with van der Waals surface area (Å²) in [5.74, 6) is 0. The molecule has 0 aliphatic heterocycles. The number of hydrazine groups is 1. The first-order valence-electron chi connectivity index (χ1n) is 4.88. The Hall–Kier alpha value is -1.07. The molecule has 5 heteroatoms. The highest BCUT2D eigenvalue weighted by atomic mass is 79.9. The van der Waals surface area contributed by atoms with Gasteiger partial charge in [0.2, 0.25) is 0 Å². The fourth-order valence-electron chi connectivity index (χ4n) is 1.11. The molecule has 0 aromatic heterocycles. The minimum absolute atomic E-state index is 0.552. The predicted octanol–water partition coefficient (Wildman–Crippen LogP) is 2.41. The lowest BCUT2D eigenvalue weighted by molar-refractivity contribution is 0.802. The monoisotopic (exact) mass is 299 g/mol. The van der Waals surface area contributed by atoms with Crippen molar-refractivity contribution in [1.29, 1.82) is 0 Å². The molecule has 0 atom stereocenters. The first-order valence-corrected chi connectivity index (χ1v) is 6.09. The molecular weight excluding hydrogens is 286 g/mol. The van der Waals surface area contributed by atoms with E-state index < -0.39 is 0 Å². The summed E-state index contributed by atoms with van der Waals surface area (Å²) < 4.78 is 0.990. The quantitative estimate of drug-likeness (QED) is 0.589. The molecule has 1 aromatic rings. The van der Waals surface area contributed by atoms with Gasteiger partial charge >= 0.3 is 0 Å². The highest BCUT2D eigenvalue weighted by Gasteiger charge is 2.02. The van der Waals surface area contributed by atoms with Crippen molar-refractivity contribution < 1.29 is 0 Å². The number of thiocarbonyl (C=S) groups is 1. The zero-order chi connectivity index (χ0) is 12.0. The molecule has 1 aromatic carbocycles. The molecule has 16 heavy (non-hydrogen) atoms. The van der Waals surface area contributed by atoms with Gasteiger partial charge in [0.25, 0.3) is 0 Å². The first kappa shape index (κ1) is 13.0. The van der Waals surface area contributed by atoms with Crippen LogP contribution in [-0.4, -0.2) is 11.7 Å². The Morgan fingerprint density at radius 2 is 2.06 bits per heavy atom. The van der Waals surface area contributed by atoms with E-state index in [2.05, 4.69) is 38.7 Å². The van der Waals surface area contributed by atoms with Crippen LogP contribution in [-0.2, 0) is 0 Å². The van der Waals surface area contributed by atoms with Crippen LogP contribution in [0.15, 0.2) is 35.3 Å². The van der Waals surface area contributed by atoms with E-state index in [1.54, 1.807) is 0 Å². The normalized spacial score (nSPS) is 9.38. The third-order valence-corrected chi connectivity index (χ3v) is 2.80. The summed E-state index contributed by atoms with van der Waals surface area (Å²) in [5.41, 5.74) is 7.56. The zero-order valence-corrected chi connectivity index (χ0v) is 11.4. The summed E-state index contributed by atoms with van der Waals surface area (Å²) in [4.78, 5) is 0. The van der Waals surface area contributed by atoms with E-state index in [1.165, 1.54) is 0 Å². The summed E-state index contributed by atoms with van der Waals surface area (Å²) in [5, 5.41) is 3.52. The van der Waals surface area contributed by atoms with Gasteiger partial charge in [-0.15, -0.1) is 0 Å². The fourth-order valence-corrected chi connectivity index (χ4v) is 1.83. The average Bonchev–Trinajstić information content (AvgIpc) is 2.27. The molecule has 0 saturated heterocycles. The van der Waals surface area contributed by atoms with Gasteiger partial charge in [-0.3, -0.25) is 10.9 Å². The molecule has 3 N–H and O–H groups in total. The van der Waals surface area contributed by atoms with Crippen molar-refractivity contribution >= 4 is 39.0 Å². The van der Waals surface area contributed by atoms with Gasteiger partial charge in [-0.05, 0) is 25.2 Å². The highest BCUT2D eigenvalue weighted by Crippen LogP contribution is 2.20. The molecule has 0 bridgehead atoms. The smallest absolute Gasteiger partial charge is 0.185 e. The van der Waals surface area contributed by atoms with E-state index in [-0.39, 0.29) is 0 Å². The van der Waals surface area contributed by atoms with Crippen molar-refractivity contribution in [2.45, 2.75) is 6.92 Å². The van der Waals surface area contributed by atoms with Crippen molar-refractivity contribution in [1.82, 2.24) is 16.2 Å². The van der Waals surface area contributed by atoms with Gasteiger partial charge in [0.05, 0.1) is 5.70 Å². The molecule has 0 aliphatic carbocycles. The Labute approximate surface area is 109 Å². The second kappa shape index (κ2) is 6.50. The maximum Gasteiger partial charge on any atom is 0.185 e. The van der Waals surface area contributed by atoms with Gasteiger partial charge in [-0.1, -0.05) is 40.7 Å². The van der Waals surface area contributed by atoms with Crippen LogP contribution in [0.4, 0.5) is 0 Å². The number of halogens is 1. The van der Waals surface area contributed by atoms with E-state index in [0.717, 1.165) is 22.3 Å². The van der Waals surface area contributed by atoms with Crippen LogP contribution in [0.1, 0.15) is 12.5 Å². The molecule has 0 saturated carbocycles. The summed E-state index contributed by atoms with van der Waals surface area (Å²) in [6.07, 6.45) is 0. The number of rotatable bonds is 4. The molecule has 0 radical (unpaired) electrons. The van der Waals surface area contributed by atoms with Crippen LogP contribution in [0.3, 0.4) is 0 Å². The molecule has 0 amide bonds. The van der Waals surface area contributed by atoms with Crippen molar-refractivity contribution in [2.75, 3.05) is 6.54 Å². The van der Waals surface area contributed by atoms with Crippen molar-refractivity contribution in [3.63, 3.8) is 0 Å². The minimum atomic E-state index is 0.552. The average molecular weight is 300 g/mol. The van der Waals surface area contributed by atoms with E-state index in [0.29, 0.717) is 5.11 Å². The standard InChI is InChI=1S/C11H14BrN3S/c1-3-13-11(16)15-14-8(2)9-6-4-5-7-10(9)12/h4-7,14H,2-3H2,1H3,(H2,13,15,16). The Bertz CT molecular complexity index is 393. The van der Waals surface area contributed by atoms with Gasteiger partial charge in [0.1, 0.15) is 0 Å². The molecule has 0 heterocycles. The molecule has 0 aliphatic rings. The second-order valence-corrected chi connectivity index (χ2v) is 4.33. The van der Waals surface area contributed by atoms with Gasteiger partial charge in [0, 0.05) is 16.6 Å². The third kappa shape index (κ3) is 3.83.